The highest BCUT2D eigenvalue weighted by Crippen LogP contribution is 1.91. The van der Waals surface area contributed by atoms with Gasteiger partial charge in [-0.1, -0.05) is 0 Å². The minimum atomic E-state index is -0.545. The van der Waals surface area contributed by atoms with E-state index >= 15 is 0 Å². The molecular formula is C4H6N4O2. The Bertz CT molecular complexity index is 243. The number of carbonyl (C=O) groups excluding carboxylic acids is 1. The number of nitrogens with zero attached hydrogens (tertiary/aromatic N) is 3. The van der Waals surface area contributed by atoms with Gasteiger partial charge in [-0.3, -0.25) is 0 Å². The van der Waals surface area contributed by atoms with Crippen molar-refractivity contribution in [1.29, 1.82) is 0 Å². The van der Waals surface area contributed by atoms with Gasteiger partial charge >= 0.3 is 5.97 Å². The Labute approximate surface area is 56.5 Å². The van der Waals surface area contributed by atoms with Crippen molar-refractivity contribution in [1.82, 2.24) is 15.1 Å². The molecule has 0 aromatic carbocycles. The van der Waals surface area contributed by atoms with Crippen molar-refractivity contribution in [2.24, 2.45) is 0 Å². The quantitative estimate of drug-likeness (QED) is 0.392. The van der Waals surface area contributed by atoms with Crippen LogP contribution in [0.2, 0.25) is 0 Å². The van der Waals surface area contributed by atoms with E-state index < -0.39 is 5.97 Å². The van der Waals surface area contributed by atoms with Gasteiger partial charge in [0, 0.05) is 0 Å². The summed E-state index contributed by atoms with van der Waals surface area (Å²) in [4.78, 5) is 11.6. The lowest BCUT2D eigenvalue weighted by molar-refractivity contribution is 0.0594. The number of aromatic nitrogens is 3. The van der Waals surface area contributed by atoms with Gasteiger partial charge in [0.05, 0.1) is 13.3 Å². The third kappa shape index (κ3) is 1.04. The second-order valence-electron chi connectivity index (χ2n) is 1.58. The molecule has 0 atom stereocenters. The summed E-state index contributed by atoms with van der Waals surface area (Å²) in [5.41, 5.74) is 0.102. The van der Waals surface area contributed by atoms with Crippen LogP contribution in [0.5, 0.6) is 0 Å². The molecule has 0 aliphatic carbocycles. The highest BCUT2D eigenvalue weighted by atomic mass is 16.5. The van der Waals surface area contributed by atoms with E-state index in [2.05, 4.69) is 15.0 Å². The van der Waals surface area contributed by atoms with Crippen molar-refractivity contribution < 1.29 is 9.53 Å². The first-order chi connectivity index (χ1) is 4.74. The van der Waals surface area contributed by atoms with Gasteiger partial charge in [0.1, 0.15) is 0 Å². The normalized spacial score (nSPS) is 9.30. The lowest BCUT2D eigenvalue weighted by Crippen LogP contribution is -2.08. The van der Waals surface area contributed by atoms with Gasteiger partial charge in [0.15, 0.2) is 5.69 Å². The summed E-state index contributed by atoms with van der Waals surface area (Å²) in [6, 6.07) is 0. The number of rotatable bonds is 1. The summed E-state index contributed by atoms with van der Waals surface area (Å²) in [6.07, 6.45) is 1.27. The van der Waals surface area contributed by atoms with Gasteiger partial charge in [0.2, 0.25) is 0 Å². The van der Waals surface area contributed by atoms with Crippen molar-refractivity contribution in [3.05, 3.63) is 11.9 Å². The summed E-state index contributed by atoms with van der Waals surface area (Å²) >= 11 is 0. The first kappa shape index (κ1) is 6.53. The zero-order valence-corrected chi connectivity index (χ0v) is 5.31. The van der Waals surface area contributed by atoms with E-state index in [-0.39, 0.29) is 5.69 Å². The largest absolute Gasteiger partial charge is 0.464 e. The van der Waals surface area contributed by atoms with Crippen LogP contribution in [0.15, 0.2) is 6.20 Å². The Morgan fingerprint density at radius 1 is 1.90 bits per heavy atom. The smallest absolute Gasteiger partial charge is 0.360 e. The topological polar surface area (TPSA) is 83.0 Å². The van der Waals surface area contributed by atoms with E-state index in [0.717, 1.165) is 4.79 Å². The maximum absolute atomic E-state index is 10.6. The minimum Gasteiger partial charge on any atom is -0.464 e. The number of methoxy groups -OCH3 is 1. The minimum absolute atomic E-state index is 0.102. The van der Waals surface area contributed by atoms with Crippen LogP contribution in [0.3, 0.4) is 0 Å². The molecule has 0 aliphatic heterocycles. The number of nitrogen functional groups attached to an aromatic ring is 1. The number of hydrogen-bond acceptors (Lipinski definition) is 5. The van der Waals surface area contributed by atoms with Gasteiger partial charge < -0.3 is 10.6 Å². The number of nitrogens with two attached hydrogens (primary N) is 1. The first-order valence-electron chi connectivity index (χ1n) is 2.50. The Kier molecular flexibility index (Phi) is 1.53. The zero-order chi connectivity index (χ0) is 7.56. The predicted molar refractivity (Wildman–Crippen MR) is 31.5 cm³/mol. The Balaban J connectivity index is 2.85. The third-order valence-electron chi connectivity index (χ3n) is 0.905. The second kappa shape index (κ2) is 2.34. The van der Waals surface area contributed by atoms with Gasteiger partial charge in [-0.15, -0.1) is 5.10 Å². The van der Waals surface area contributed by atoms with Crippen molar-refractivity contribution in [2.75, 3.05) is 13.0 Å². The zero-order valence-electron chi connectivity index (χ0n) is 5.31. The van der Waals surface area contributed by atoms with Gasteiger partial charge in [-0.05, 0) is 5.21 Å². The molecule has 6 nitrogen and oxygen atoms in total. The van der Waals surface area contributed by atoms with Crippen LogP contribution in [0.1, 0.15) is 10.5 Å². The van der Waals surface area contributed by atoms with E-state index in [1.54, 1.807) is 0 Å². The molecule has 1 rings (SSSR count). The standard InChI is InChI=1S/C4H6N4O2/c1-10-4(9)3-2-8(5)7-6-3/h2H,5H2,1H3. The van der Waals surface area contributed by atoms with Crippen LogP contribution >= 0.6 is 0 Å². The van der Waals surface area contributed by atoms with Crippen LogP contribution in [0, 0.1) is 0 Å². The average Bonchev–Trinajstić information content (AvgIpc) is 2.34. The number of ether oxygens (including phenoxy) is 1. The van der Waals surface area contributed by atoms with Gasteiger partial charge in [-0.2, -0.15) is 4.79 Å². The highest BCUT2D eigenvalue weighted by molar-refractivity contribution is 5.86. The predicted octanol–water partition coefficient (Wildman–Crippen LogP) is -1.22. The van der Waals surface area contributed by atoms with Crippen molar-refractivity contribution in [3.8, 4) is 0 Å². The lowest BCUT2D eigenvalue weighted by Gasteiger charge is -1.88. The fourth-order valence-corrected chi connectivity index (χ4v) is 0.475. The van der Waals surface area contributed by atoms with Crippen LogP contribution in [0.25, 0.3) is 0 Å². The summed E-state index contributed by atoms with van der Waals surface area (Å²) in [6.45, 7) is 0. The molecule has 0 bridgehead atoms. The molecule has 0 unspecified atom stereocenters. The van der Waals surface area contributed by atoms with Crippen LogP contribution in [0.4, 0.5) is 0 Å². The molecule has 0 radical (unpaired) electrons. The Morgan fingerprint density at radius 3 is 3.00 bits per heavy atom. The van der Waals surface area contributed by atoms with Crippen molar-refractivity contribution >= 4 is 5.97 Å². The SMILES string of the molecule is COC(=O)c1cn(N)nn1. The summed E-state index contributed by atoms with van der Waals surface area (Å²) in [5, 5.41) is 6.73. The van der Waals surface area contributed by atoms with E-state index in [4.69, 9.17) is 5.84 Å². The monoisotopic (exact) mass is 142 g/mol. The fourth-order valence-electron chi connectivity index (χ4n) is 0.475. The van der Waals surface area contributed by atoms with Crippen LogP contribution in [-0.4, -0.2) is 28.2 Å². The molecule has 0 fully saturated rings. The molecule has 1 heterocycles. The number of carbonyl (C=O) groups is 1. The van der Waals surface area contributed by atoms with Gasteiger partial charge in [-0.25, -0.2) is 4.79 Å². The molecule has 1 aromatic heterocycles. The summed E-state index contributed by atoms with van der Waals surface area (Å²) < 4.78 is 4.34. The molecular weight excluding hydrogens is 136 g/mol. The van der Waals surface area contributed by atoms with E-state index in [1.807, 2.05) is 0 Å². The van der Waals surface area contributed by atoms with Gasteiger partial charge in [0.25, 0.3) is 0 Å². The highest BCUT2D eigenvalue weighted by Gasteiger charge is 2.08. The first-order valence-corrected chi connectivity index (χ1v) is 2.50. The molecule has 0 amide bonds. The second-order valence-corrected chi connectivity index (χ2v) is 1.58. The molecule has 0 aliphatic rings. The molecule has 0 saturated carbocycles. The lowest BCUT2D eigenvalue weighted by atomic mass is 10.5. The van der Waals surface area contributed by atoms with E-state index in [0.29, 0.717) is 0 Å². The summed E-state index contributed by atoms with van der Waals surface area (Å²) in [7, 11) is 1.26. The molecule has 1 aromatic rings. The maximum atomic E-state index is 10.6. The molecule has 2 N–H and O–H groups in total. The van der Waals surface area contributed by atoms with E-state index in [1.165, 1.54) is 13.3 Å². The summed E-state index contributed by atoms with van der Waals surface area (Å²) in [5.74, 6) is 4.56. The molecule has 0 spiro atoms. The number of hydrogen-bond donors (Lipinski definition) is 1. The maximum Gasteiger partial charge on any atom is 0.360 e. The molecule has 0 saturated heterocycles. The van der Waals surface area contributed by atoms with Crippen LogP contribution in [-0.2, 0) is 4.74 Å². The fraction of sp³-hybridized carbons (Fsp3) is 0.250. The Morgan fingerprint density at radius 2 is 2.60 bits per heavy atom. The Hall–Kier alpha value is -1.59. The number of esters is 1. The third-order valence-corrected chi connectivity index (χ3v) is 0.905. The van der Waals surface area contributed by atoms with Crippen molar-refractivity contribution in [3.63, 3.8) is 0 Å². The average molecular weight is 142 g/mol. The molecule has 54 valence electrons. The molecule has 6 heteroatoms. The molecule has 10 heavy (non-hydrogen) atoms. The van der Waals surface area contributed by atoms with Crippen LogP contribution < -0.4 is 5.84 Å². The van der Waals surface area contributed by atoms with Crippen molar-refractivity contribution in [2.45, 2.75) is 0 Å². The van der Waals surface area contributed by atoms with E-state index in [9.17, 15) is 4.79 Å².